The van der Waals surface area contributed by atoms with E-state index >= 15 is 0 Å². The van der Waals surface area contributed by atoms with E-state index in [2.05, 4.69) is 17.1 Å². The second-order valence-electron chi connectivity index (χ2n) is 6.16. The Bertz CT molecular complexity index is 864. The zero-order valence-corrected chi connectivity index (χ0v) is 13.8. The molecule has 2 N–H and O–H groups in total. The van der Waals surface area contributed by atoms with Gasteiger partial charge < -0.3 is 24.7 Å². The molecular weight excluding hydrogens is 324 g/mol. The minimum atomic E-state index is -1.54. The van der Waals surface area contributed by atoms with Gasteiger partial charge in [-0.3, -0.25) is 0 Å². The molecule has 1 saturated carbocycles. The second kappa shape index (κ2) is 4.85. The molecule has 1 aromatic carbocycles. The van der Waals surface area contributed by atoms with E-state index in [1.807, 2.05) is 0 Å². The first-order valence-electron chi connectivity index (χ1n) is 7.75. The quantitative estimate of drug-likeness (QED) is 0.866. The van der Waals surface area contributed by atoms with E-state index in [0.29, 0.717) is 17.1 Å². The Balaban J connectivity index is 1.92. The van der Waals surface area contributed by atoms with Crippen molar-refractivity contribution in [1.82, 2.24) is 0 Å². The molecule has 25 heavy (non-hydrogen) atoms. The zero-order chi connectivity index (χ0) is 17.9. The average Bonchev–Trinajstić information content (AvgIpc) is 2.88. The molecule has 0 radical (unpaired) electrons. The number of fused-ring (bicyclic) bond motifs is 2. The largest absolute Gasteiger partial charge is 0.497 e. The van der Waals surface area contributed by atoms with E-state index in [1.54, 1.807) is 25.3 Å². The van der Waals surface area contributed by atoms with Crippen LogP contribution in [0.25, 0.3) is 0 Å². The third-order valence-electron chi connectivity index (χ3n) is 5.36. The summed E-state index contributed by atoms with van der Waals surface area (Å²) in [7, 11) is 3.07. The standard InChI is InChI=1S/C17H16N4O4/c1-22-10-3-4-11(12(7-10)23-2)13-15(8-18)14(20)21-17(16(13,15)9-19)24-5-6-25-17/h3-4,7,13H,5-6H2,1-2H3,(H2,20,21)/t13-,15+,16+/m0/s1. The van der Waals surface area contributed by atoms with Crippen LogP contribution in [0.2, 0.25) is 0 Å². The van der Waals surface area contributed by atoms with Crippen LogP contribution in [0.3, 0.4) is 0 Å². The van der Waals surface area contributed by atoms with Gasteiger partial charge in [0.05, 0.1) is 39.6 Å². The van der Waals surface area contributed by atoms with E-state index in [4.69, 9.17) is 24.7 Å². The Morgan fingerprint density at radius 3 is 2.48 bits per heavy atom. The van der Waals surface area contributed by atoms with Gasteiger partial charge in [0, 0.05) is 17.5 Å². The highest BCUT2D eigenvalue weighted by molar-refractivity contribution is 6.00. The van der Waals surface area contributed by atoms with Gasteiger partial charge in [0.25, 0.3) is 5.91 Å². The molecule has 2 fully saturated rings. The summed E-state index contributed by atoms with van der Waals surface area (Å²) in [5.74, 6) is -0.957. The lowest BCUT2D eigenvalue weighted by atomic mass is 9.93. The molecule has 1 aliphatic carbocycles. The highest BCUT2D eigenvalue weighted by Crippen LogP contribution is 2.83. The van der Waals surface area contributed by atoms with Crippen molar-refractivity contribution < 1.29 is 18.9 Å². The fourth-order valence-corrected chi connectivity index (χ4v) is 4.24. The third-order valence-corrected chi connectivity index (χ3v) is 5.36. The maximum Gasteiger partial charge on any atom is 0.293 e. The second-order valence-corrected chi connectivity index (χ2v) is 6.16. The fourth-order valence-electron chi connectivity index (χ4n) is 4.24. The molecular formula is C17H16N4O4. The van der Waals surface area contributed by atoms with Gasteiger partial charge in [0.1, 0.15) is 22.7 Å². The first-order valence-corrected chi connectivity index (χ1v) is 7.75. The van der Waals surface area contributed by atoms with Crippen molar-refractivity contribution >= 4 is 5.84 Å². The number of amidine groups is 1. The van der Waals surface area contributed by atoms with E-state index < -0.39 is 22.7 Å². The molecule has 1 spiro atoms. The Morgan fingerprint density at radius 1 is 1.20 bits per heavy atom. The molecule has 1 saturated heterocycles. The summed E-state index contributed by atoms with van der Waals surface area (Å²) in [5.41, 5.74) is 4.11. The highest BCUT2D eigenvalue weighted by Gasteiger charge is 2.94. The molecule has 4 rings (SSSR count). The number of rotatable bonds is 3. The first kappa shape index (κ1) is 15.7. The van der Waals surface area contributed by atoms with Gasteiger partial charge in [-0.15, -0.1) is 0 Å². The maximum absolute atomic E-state index is 10.0. The van der Waals surface area contributed by atoms with Gasteiger partial charge in [0.2, 0.25) is 0 Å². The van der Waals surface area contributed by atoms with Crippen LogP contribution < -0.4 is 15.2 Å². The van der Waals surface area contributed by atoms with Crippen LogP contribution in [0.5, 0.6) is 11.5 Å². The molecule has 1 aromatic rings. The van der Waals surface area contributed by atoms with E-state index in [9.17, 15) is 10.5 Å². The van der Waals surface area contributed by atoms with Crippen LogP contribution in [0, 0.1) is 33.5 Å². The highest BCUT2D eigenvalue weighted by atomic mass is 16.8. The zero-order valence-electron chi connectivity index (χ0n) is 13.8. The lowest BCUT2D eigenvalue weighted by Gasteiger charge is -2.26. The summed E-state index contributed by atoms with van der Waals surface area (Å²) in [5, 5.41) is 20.0. The number of benzene rings is 1. The molecule has 0 bridgehead atoms. The molecule has 0 unspecified atom stereocenters. The minimum absolute atomic E-state index is 0.0568. The lowest BCUT2D eigenvalue weighted by molar-refractivity contribution is -0.184. The monoisotopic (exact) mass is 340 g/mol. The summed E-state index contributed by atoms with van der Waals surface area (Å²) in [4.78, 5) is 4.24. The lowest BCUT2D eigenvalue weighted by Crippen LogP contribution is -2.38. The molecule has 128 valence electrons. The minimum Gasteiger partial charge on any atom is -0.497 e. The Hall–Kier alpha value is -2.81. The molecule has 3 aliphatic rings. The molecule has 8 heteroatoms. The third kappa shape index (κ3) is 1.50. The van der Waals surface area contributed by atoms with Crippen molar-refractivity contribution in [2.24, 2.45) is 21.6 Å². The molecule has 2 aliphatic heterocycles. The number of aliphatic imine (C=N–C) groups is 1. The van der Waals surface area contributed by atoms with Gasteiger partial charge >= 0.3 is 0 Å². The van der Waals surface area contributed by atoms with E-state index in [0.717, 1.165) is 0 Å². The number of methoxy groups -OCH3 is 2. The predicted octanol–water partition coefficient (Wildman–Crippen LogP) is 0.892. The van der Waals surface area contributed by atoms with Crippen LogP contribution in [0.1, 0.15) is 11.5 Å². The molecule has 2 heterocycles. The summed E-state index contributed by atoms with van der Waals surface area (Å²) < 4.78 is 22.1. The first-order chi connectivity index (χ1) is 12.1. The molecule has 3 atom stereocenters. The van der Waals surface area contributed by atoms with Crippen LogP contribution in [-0.4, -0.2) is 39.2 Å². The number of hydrogen-bond acceptors (Lipinski definition) is 8. The van der Waals surface area contributed by atoms with E-state index in [1.165, 1.54) is 7.11 Å². The summed E-state index contributed by atoms with van der Waals surface area (Å²) in [6, 6.07) is 9.68. The normalized spacial score (nSPS) is 33.9. The van der Waals surface area contributed by atoms with Crippen molar-refractivity contribution in [2.75, 3.05) is 27.4 Å². The summed E-state index contributed by atoms with van der Waals surface area (Å²) in [6.45, 7) is 0.572. The van der Waals surface area contributed by atoms with Gasteiger partial charge in [-0.05, 0) is 6.07 Å². The van der Waals surface area contributed by atoms with Crippen molar-refractivity contribution in [3.8, 4) is 23.6 Å². The van der Waals surface area contributed by atoms with Gasteiger partial charge in [-0.25, -0.2) is 4.99 Å². The van der Waals surface area contributed by atoms with Crippen molar-refractivity contribution in [1.29, 1.82) is 10.5 Å². The van der Waals surface area contributed by atoms with Crippen LogP contribution in [0.15, 0.2) is 23.2 Å². The van der Waals surface area contributed by atoms with Crippen molar-refractivity contribution in [3.05, 3.63) is 23.8 Å². The Labute approximate surface area is 144 Å². The predicted molar refractivity (Wildman–Crippen MR) is 84.6 cm³/mol. The summed E-state index contributed by atoms with van der Waals surface area (Å²) >= 11 is 0. The smallest absolute Gasteiger partial charge is 0.293 e. The molecule has 0 aromatic heterocycles. The van der Waals surface area contributed by atoms with Crippen LogP contribution in [-0.2, 0) is 9.47 Å². The number of nitrogens with zero attached hydrogens (tertiary/aromatic N) is 3. The number of nitriles is 2. The maximum atomic E-state index is 10.0. The average molecular weight is 340 g/mol. The van der Waals surface area contributed by atoms with Gasteiger partial charge in [-0.2, -0.15) is 10.5 Å². The van der Waals surface area contributed by atoms with Crippen LogP contribution in [0.4, 0.5) is 0 Å². The SMILES string of the molecule is COc1ccc([C@H]2[C@]3(C#N)C(N)=NC4(OCCO4)[C@]23C#N)c(OC)c1. The van der Waals surface area contributed by atoms with Crippen LogP contribution >= 0.6 is 0 Å². The van der Waals surface area contributed by atoms with Crippen molar-refractivity contribution in [3.63, 3.8) is 0 Å². The van der Waals surface area contributed by atoms with Gasteiger partial charge in [0.15, 0.2) is 5.41 Å². The molecule has 0 amide bonds. The topological polar surface area (TPSA) is 123 Å². The number of nitrogens with two attached hydrogens (primary N) is 1. The van der Waals surface area contributed by atoms with Crippen molar-refractivity contribution in [2.45, 2.75) is 11.8 Å². The molecule has 8 nitrogen and oxygen atoms in total. The fraction of sp³-hybridized carbons (Fsp3) is 0.471. The van der Waals surface area contributed by atoms with E-state index in [-0.39, 0.29) is 19.0 Å². The summed E-state index contributed by atoms with van der Waals surface area (Å²) in [6.07, 6.45) is 0. The van der Waals surface area contributed by atoms with Gasteiger partial charge in [-0.1, -0.05) is 6.07 Å². The Kier molecular flexibility index (Phi) is 3.05. The Morgan fingerprint density at radius 2 is 1.92 bits per heavy atom. The number of ether oxygens (including phenoxy) is 4. The number of hydrogen-bond donors (Lipinski definition) is 1.